The number of aromatic carboxylic acids is 1. The molecule has 0 saturated carbocycles. The van der Waals surface area contributed by atoms with Gasteiger partial charge in [0, 0.05) is 18.1 Å². The summed E-state index contributed by atoms with van der Waals surface area (Å²) in [6, 6.07) is 17.8. The van der Waals surface area contributed by atoms with Gasteiger partial charge in [-0.2, -0.15) is 0 Å². The molecule has 0 bridgehead atoms. The normalized spacial score (nSPS) is 12.1. The van der Waals surface area contributed by atoms with Gasteiger partial charge in [-0.25, -0.2) is 18.6 Å². The molecule has 0 radical (unpaired) electrons. The summed E-state index contributed by atoms with van der Waals surface area (Å²) in [5.41, 5.74) is 2.66. The van der Waals surface area contributed by atoms with E-state index in [4.69, 9.17) is 14.2 Å². The van der Waals surface area contributed by atoms with E-state index >= 15 is 0 Å². The fourth-order valence-corrected chi connectivity index (χ4v) is 3.81. The molecule has 190 valence electrons. The maximum absolute atomic E-state index is 13.6. The molecular weight excluding hydrogens is 480 g/mol. The second kappa shape index (κ2) is 11.6. The summed E-state index contributed by atoms with van der Waals surface area (Å²) in [5.74, 6) is -2.34. The second-order valence-electron chi connectivity index (χ2n) is 8.12. The first-order valence-electron chi connectivity index (χ1n) is 11.6. The molecule has 1 atom stereocenters. The van der Waals surface area contributed by atoms with Gasteiger partial charge in [-0.05, 0) is 60.5 Å². The fourth-order valence-electron chi connectivity index (χ4n) is 3.81. The van der Waals surface area contributed by atoms with Gasteiger partial charge in [0.05, 0.1) is 18.3 Å². The van der Waals surface area contributed by atoms with E-state index in [0.717, 1.165) is 23.3 Å². The number of halogens is 2. The maximum atomic E-state index is 13.6. The highest BCUT2D eigenvalue weighted by atomic mass is 19.2. The van der Waals surface area contributed by atoms with Crippen LogP contribution in [0.15, 0.2) is 66.7 Å². The van der Waals surface area contributed by atoms with E-state index in [1.54, 1.807) is 30.3 Å². The molecule has 6 nitrogen and oxygen atoms in total. The van der Waals surface area contributed by atoms with Gasteiger partial charge >= 0.3 is 5.97 Å². The van der Waals surface area contributed by atoms with Crippen molar-refractivity contribution in [1.82, 2.24) is 4.98 Å². The molecule has 37 heavy (non-hydrogen) atoms. The number of carbonyl (C=O) groups is 1. The van der Waals surface area contributed by atoms with E-state index < -0.39 is 23.7 Å². The summed E-state index contributed by atoms with van der Waals surface area (Å²) in [7, 11) is 1.46. The molecule has 8 heteroatoms. The first-order valence-corrected chi connectivity index (χ1v) is 11.6. The zero-order valence-corrected chi connectivity index (χ0v) is 20.3. The smallest absolute Gasteiger partial charge is 0.339 e. The number of carboxylic acid groups (broad SMARTS) is 1. The number of rotatable bonds is 10. The highest BCUT2D eigenvalue weighted by molar-refractivity contribution is 5.91. The van der Waals surface area contributed by atoms with E-state index in [1.165, 1.54) is 13.2 Å². The van der Waals surface area contributed by atoms with Crippen molar-refractivity contribution in [3.05, 3.63) is 101 Å². The number of hydrogen-bond acceptors (Lipinski definition) is 5. The number of ether oxygens (including phenoxy) is 3. The first-order chi connectivity index (χ1) is 17.9. The molecule has 1 aromatic heterocycles. The molecule has 0 aliphatic rings. The largest absolute Gasteiger partial charge is 0.497 e. The predicted octanol–water partition coefficient (Wildman–Crippen LogP) is 6.55. The topological polar surface area (TPSA) is 77.9 Å². The zero-order valence-electron chi connectivity index (χ0n) is 20.3. The lowest BCUT2D eigenvalue weighted by Crippen LogP contribution is -2.15. The Labute approximate surface area is 212 Å². The third-order valence-electron chi connectivity index (χ3n) is 5.66. The van der Waals surface area contributed by atoms with Crippen molar-refractivity contribution in [1.29, 1.82) is 0 Å². The van der Waals surface area contributed by atoms with Crippen LogP contribution in [-0.4, -0.2) is 36.4 Å². The Morgan fingerprint density at radius 1 is 1.03 bits per heavy atom. The molecule has 1 heterocycles. The minimum atomic E-state index is -1.12. The van der Waals surface area contributed by atoms with Gasteiger partial charge in [0.1, 0.15) is 29.8 Å². The number of hydrogen-bond donors (Lipinski definition) is 1. The Hall–Kier alpha value is -4.30. The first kappa shape index (κ1) is 25.8. The number of nitrogens with zero attached hydrogens (tertiary/aromatic N) is 1. The minimum Gasteiger partial charge on any atom is -0.497 e. The van der Waals surface area contributed by atoms with Crippen LogP contribution < -0.4 is 9.47 Å². The summed E-state index contributed by atoms with van der Waals surface area (Å²) in [4.78, 5) is 16.0. The molecule has 1 unspecified atom stereocenters. The van der Waals surface area contributed by atoms with Crippen LogP contribution in [0, 0.1) is 11.6 Å². The number of carboxylic acids is 1. The van der Waals surface area contributed by atoms with Crippen molar-refractivity contribution in [3.8, 4) is 11.5 Å². The van der Waals surface area contributed by atoms with Gasteiger partial charge in [-0.15, -0.1) is 0 Å². The monoisotopic (exact) mass is 505 g/mol. The lowest BCUT2D eigenvalue weighted by atomic mass is 10.1. The number of pyridine rings is 1. The molecule has 0 saturated heterocycles. The molecule has 0 aliphatic carbocycles. The summed E-state index contributed by atoms with van der Waals surface area (Å²) in [5, 5.41) is 10.0. The van der Waals surface area contributed by atoms with E-state index in [-0.39, 0.29) is 17.9 Å². The molecule has 4 aromatic rings. The van der Waals surface area contributed by atoms with Crippen molar-refractivity contribution < 1.29 is 32.9 Å². The Morgan fingerprint density at radius 2 is 1.84 bits per heavy atom. The summed E-state index contributed by atoms with van der Waals surface area (Å²) in [6.07, 6.45) is 3.19. The standard InChI is InChI=1S/C29H25F2NO5/c1-3-36-28(17-37-27-12-11-22(35-2)15-23(27)29(33)34)20-6-4-5-18(13-20)7-9-21-10-8-19-14-24(30)25(31)16-26(19)32-21/h4-16,28H,3,17H2,1-2H3,(H,33,34)/b9-7+. The number of fused-ring (bicyclic) bond motifs is 1. The van der Waals surface area contributed by atoms with Gasteiger partial charge in [0.25, 0.3) is 0 Å². The molecular formula is C29H25F2NO5. The number of benzene rings is 3. The quantitative estimate of drug-likeness (QED) is 0.263. The molecule has 0 spiro atoms. The molecule has 0 aliphatic heterocycles. The van der Waals surface area contributed by atoms with Gasteiger partial charge in [0.2, 0.25) is 0 Å². The van der Waals surface area contributed by atoms with Crippen LogP contribution in [-0.2, 0) is 4.74 Å². The third-order valence-corrected chi connectivity index (χ3v) is 5.66. The van der Waals surface area contributed by atoms with Crippen LogP contribution in [0.4, 0.5) is 8.78 Å². The molecule has 1 N–H and O–H groups in total. The van der Waals surface area contributed by atoms with Gasteiger partial charge < -0.3 is 19.3 Å². The van der Waals surface area contributed by atoms with Crippen LogP contribution in [0.25, 0.3) is 23.1 Å². The SMILES string of the molecule is CCOC(COc1ccc(OC)cc1C(=O)O)c1cccc(/C=C/c2ccc3cc(F)c(F)cc3n2)c1. The summed E-state index contributed by atoms with van der Waals surface area (Å²) < 4.78 is 43.9. The Bertz CT molecular complexity index is 1450. The summed E-state index contributed by atoms with van der Waals surface area (Å²) in [6.45, 7) is 2.40. The molecule has 3 aromatic carbocycles. The van der Waals surface area contributed by atoms with Crippen molar-refractivity contribution >= 4 is 29.0 Å². The fraction of sp³-hybridized carbons (Fsp3) is 0.172. The maximum Gasteiger partial charge on any atom is 0.339 e. The van der Waals surface area contributed by atoms with Gasteiger partial charge in [-0.1, -0.05) is 30.3 Å². The second-order valence-corrected chi connectivity index (χ2v) is 8.12. The Kier molecular flexibility index (Phi) is 8.10. The zero-order chi connectivity index (χ0) is 26.4. The van der Waals surface area contributed by atoms with E-state index in [2.05, 4.69) is 4.98 Å². The Morgan fingerprint density at radius 3 is 2.59 bits per heavy atom. The van der Waals surface area contributed by atoms with Crippen LogP contribution >= 0.6 is 0 Å². The lowest BCUT2D eigenvalue weighted by Gasteiger charge is -2.19. The van der Waals surface area contributed by atoms with Gasteiger partial charge in [0.15, 0.2) is 11.6 Å². The third kappa shape index (κ3) is 6.29. The highest BCUT2D eigenvalue weighted by Crippen LogP contribution is 2.27. The Balaban J connectivity index is 1.52. The molecule has 0 fully saturated rings. The molecule has 0 amide bonds. The molecule has 4 rings (SSSR count). The van der Waals surface area contributed by atoms with E-state index in [0.29, 0.717) is 29.0 Å². The predicted molar refractivity (Wildman–Crippen MR) is 137 cm³/mol. The van der Waals surface area contributed by atoms with E-state index in [1.807, 2.05) is 37.3 Å². The van der Waals surface area contributed by atoms with Crippen LogP contribution in [0.3, 0.4) is 0 Å². The van der Waals surface area contributed by atoms with E-state index in [9.17, 15) is 18.7 Å². The van der Waals surface area contributed by atoms with Crippen LogP contribution in [0.1, 0.15) is 40.2 Å². The van der Waals surface area contributed by atoms with Gasteiger partial charge in [-0.3, -0.25) is 0 Å². The van der Waals surface area contributed by atoms with Crippen molar-refractivity contribution in [3.63, 3.8) is 0 Å². The average Bonchev–Trinajstić information content (AvgIpc) is 2.90. The number of methoxy groups -OCH3 is 1. The van der Waals surface area contributed by atoms with Crippen LogP contribution in [0.2, 0.25) is 0 Å². The van der Waals surface area contributed by atoms with Crippen molar-refractivity contribution in [2.24, 2.45) is 0 Å². The average molecular weight is 506 g/mol. The van der Waals surface area contributed by atoms with Crippen molar-refractivity contribution in [2.75, 3.05) is 20.3 Å². The lowest BCUT2D eigenvalue weighted by molar-refractivity contribution is 0.0260. The summed E-state index contributed by atoms with van der Waals surface area (Å²) >= 11 is 0. The minimum absolute atomic E-state index is 0.00297. The highest BCUT2D eigenvalue weighted by Gasteiger charge is 2.17. The van der Waals surface area contributed by atoms with Crippen molar-refractivity contribution in [2.45, 2.75) is 13.0 Å². The van der Waals surface area contributed by atoms with Crippen LogP contribution in [0.5, 0.6) is 11.5 Å². The number of aromatic nitrogens is 1.